The number of amides is 2. The number of rotatable bonds is 8. The number of nitrogens with one attached hydrogen (secondary N) is 1. The lowest BCUT2D eigenvalue weighted by Gasteiger charge is -2.35. The van der Waals surface area contributed by atoms with Crippen molar-refractivity contribution >= 4 is 45.9 Å². The fraction of sp³-hybridized carbons (Fsp3) is 0.425. The number of aryl methyl sites for hydroxylation is 1. The number of nitrogens with zero attached hydrogens (tertiary/aromatic N) is 9. The molecule has 7 rings (SSSR count). The number of halogens is 1. The third-order valence-electron chi connectivity index (χ3n) is 10.1. The number of nitriles is 1. The molecule has 2 amide bonds. The quantitative estimate of drug-likeness (QED) is 0.176. The minimum Gasteiger partial charge on any atom is -0.444 e. The smallest absolute Gasteiger partial charge is 0.410 e. The normalized spacial score (nSPS) is 15.6. The molecule has 0 saturated carbocycles. The summed E-state index contributed by atoms with van der Waals surface area (Å²) in [6, 6.07) is 12.3. The molecule has 2 aliphatic heterocycles. The summed E-state index contributed by atoms with van der Waals surface area (Å²) in [4.78, 5) is 50.9. The fourth-order valence-corrected chi connectivity index (χ4v) is 7.94. The van der Waals surface area contributed by atoms with Gasteiger partial charge in [0.25, 0.3) is 0 Å². The zero-order chi connectivity index (χ0) is 38.9. The van der Waals surface area contributed by atoms with Crippen LogP contribution in [0.3, 0.4) is 0 Å². The molecule has 0 spiro atoms. The summed E-state index contributed by atoms with van der Waals surface area (Å²) in [6.07, 6.45) is 8.89. The summed E-state index contributed by atoms with van der Waals surface area (Å²) >= 11 is 1.28. The molecule has 0 atom stereocenters. The standard InChI is InChI=1S/C40H45FN10O3S/c1-6-31-36(48(5)38-47-34(32(21-42)55-38)25-7-10-29(41)11-8-25)51-24-27(9-12-33(51)46-31)28-22-43-37(44-23-28)49-19-15-30(16-20-49)45-35(52)26-13-17-50(18-14-26)39(53)54-40(2,3)4/h7-12,22-24,26,30H,6,13-20H2,1-5H3,(H,45,52). The summed E-state index contributed by atoms with van der Waals surface area (Å²) in [5.41, 5.74) is 4.07. The zero-order valence-electron chi connectivity index (χ0n) is 31.8. The van der Waals surface area contributed by atoms with Gasteiger partial charge in [0.05, 0.1) is 5.69 Å². The van der Waals surface area contributed by atoms with Crippen molar-refractivity contribution in [1.29, 1.82) is 5.26 Å². The largest absolute Gasteiger partial charge is 0.444 e. The molecule has 55 heavy (non-hydrogen) atoms. The van der Waals surface area contributed by atoms with Gasteiger partial charge in [-0.25, -0.2) is 29.1 Å². The number of aromatic nitrogens is 5. The Morgan fingerprint density at radius 3 is 2.29 bits per heavy atom. The molecule has 0 bridgehead atoms. The van der Waals surface area contributed by atoms with Gasteiger partial charge in [-0.2, -0.15) is 5.26 Å². The van der Waals surface area contributed by atoms with Crippen LogP contribution in [0.2, 0.25) is 0 Å². The lowest BCUT2D eigenvalue weighted by atomic mass is 9.95. The molecule has 2 saturated heterocycles. The predicted octanol–water partition coefficient (Wildman–Crippen LogP) is 6.99. The maximum absolute atomic E-state index is 13.6. The molecule has 6 heterocycles. The summed E-state index contributed by atoms with van der Waals surface area (Å²) in [5, 5.41) is 13.8. The van der Waals surface area contributed by atoms with Crippen LogP contribution in [0.4, 0.5) is 26.1 Å². The van der Waals surface area contributed by atoms with Gasteiger partial charge >= 0.3 is 6.09 Å². The Morgan fingerprint density at radius 1 is 0.982 bits per heavy atom. The molecule has 13 nitrogen and oxygen atoms in total. The van der Waals surface area contributed by atoms with Crippen molar-refractivity contribution in [3.63, 3.8) is 0 Å². The molecule has 2 aliphatic rings. The maximum Gasteiger partial charge on any atom is 0.410 e. The van der Waals surface area contributed by atoms with Crippen LogP contribution in [0.5, 0.6) is 0 Å². The molecule has 1 aromatic carbocycles. The number of thiazole rings is 1. The number of hydrogen-bond donors (Lipinski definition) is 1. The van der Waals surface area contributed by atoms with Crippen molar-refractivity contribution < 1.29 is 18.7 Å². The zero-order valence-corrected chi connectivity index (χ0v) is 32.6. The number of carbonyl (C=O) groups excluding carboxylic acids is 2. The number of imidazole rings is 1. The van der Waals surface area contributed by atoms with Gasteiger partial charge in [-0.05, 0) is 89.3 Å². The molecule has 286 valence electrons. The van der Waals surface area contributed by atoms with E-state index in [1.165, 1.54) is 23.5 Å². The van der Waals surface area contributed by atoms with Crippen LogP contribution in [0.25, 0.3) is 28.0 Å². The molecule has 15 heteroatoms. The highest BCUT2D eigenvalue weighted by Gasteiger charge is 2.32. The third-order valence-corrected chi connectivity index (χ3v) is 11.1. The Bertz CT molecular complexity index is 2210. The Hall–Kier alpha value is -5.62. The van der Waals surface area contributed by atoms with E-state index in [1.54, 1.807) is 17.0 Å². The molecule has 1 N–H and O–H groups in total. The number of carbonyl (C=O) groups is 2. The number of ether oxygens (including phenoxy) is 1. The van der Waals surface area contributed by atoms with E-state index in [9.17, 15) is 19.2 Å². The minimum absolute atomic E-state index is 0.0616. The van der Waals surface area contributed by atoms with Gasteiger partial charge in [0.15, 0.2) is 5.13 Å². The number of benzene rings is 1. The van der Waals surface area contributed by atoms with Crippen molar-refractivity contribution in [2.45, 2.75) is 71.4 Å². The summed E-state index contributed by atoms with van der Waals surface area (Å²) in [7, 11) is 1.91. The number of likely N-dealkylation sites (tertiary alicyclic amines) is 1. The van der Waals surface area contributed by atoms with Gasteiger partial charge in [0.2, 0.25) is 11.9 Å². The van der Waals surface area contributed by atoms with E-state index >= 15 is 0 Å². The van der Waals surface area contributed by atoms with Crippen LogP contribution in [0.15, 0.2) is 55.0 Å². The number of pyridine rings is 1. The minimum atomic E-state index is -0.541. The van der Waals surface area contributed by atoms with Gasteiger partial charge in [0.1, 0.15) is 39.5 Å². The summed E-state index contributed by atoms with van der Waals surface area (Å²) < 4.78 is 21.1. The second-order valence-corrected chi connectivity index (χ2v) is 16.0. The first kappa shape index (κ1) is 37.7. The Morgan fingerprint density at radius 2 is 1.65 bits per heavy atom. The van der Waals surface area contributed by atoms with Gasteiger partial charge in [-0.1, -0.05) is 18.3 Å². The van der Waals surface area contributed by atoms with E-state index in [4.69, 9.17) is 24.7 Å². The highest BCUT2D eigenvalue weighted by molar-refractivity contribution is 7.16. The second-order valence-electron chi connectivity index (χ2n) is 15.0. The van der Waals surface area contributed by atoms with Crippen molar-refractivity contribution in [3.8, 4) is 28.5 Å². The van der Waals surface area contributed by atoms with Crippen LogP contribution >= 0.6 is 11.3 Å². The molecule has 4 aromatic heterocycles. The first-order valence-electron chi connectivity index (χ1n) is 18.7. The maximum atomic E-state index is 13.6. The average molecular weight is 765 g/mol. The van der Waals surface area contributed by atoms with Crippen LogP contribution < -0.4 is 15.1 Å². The Kier molecular flexibility index (Phi) is 10.7. The third kappa shape index (κ3) is 8.24. The molecular formula is C40H45FN10O3S. The van der Waals surface area contributed by atoms with Crippen LogP contribution in [-0.2, 0) is 16.0 Å². The number of hydrogen-bond acceptors (Lipinski definition) is 11. The highest BCUT2D eigenvalue weighted by Crippen LogP contribution is 2.37. The molecule has 0 radical (unpaired) electrons. The van der Waals surface area contributed by atoms with Gasteiger partial charge in [0, 0.05) is 80.5 Å². The molecular weight excluding hydrogens is 720 g/mol. The van der Waals surface area contributed by atoms with Crippen LogP contribution in [0.1, 0.15) is 63.9 Å². The van der Waals surface area contributed by atoms with Gasteiger partial charge in [-0.15, -0.1) is 0 Å². The van der Waals surface area contributed by atoms with Crippen molar-refractivity contribution in [1.82, 2.24) is 34.6 Å². The molecule has 0 unspecified atom stereocenters. The van der Waals surface area contributed by atoms with Crippen molar-refractivity contribution in [2.75, 3.05) is 43.0 Å². The van der Waals surface area contributed by atoms with E-state index in [0.29, 0.717) is 59.6 Å². The van der Waals surface area contributed by atoms with Crippen LogP contribution in [-0.4, -0.2) is 86.1 Å². The van der Waals surface area contributed by atoms with E-state index in [0.717, 1.165) is 54.2 Å². The molecule has 5 aromatic rings. The second kappa shape index (κ2) is 15.6. The SMILES string of the molecule is CCc1nc2ccc(-c3cnc(N4CCC(NC(=O)C5CCN(C(=O)OC(C)(C)C)CC5)CC4)nc3)cn2c1N(C)c1nc(-c2ccc(F)cc2)c(C#N)s1. The van der Waals surface area contributed by atoms with Crippen LogP contribution in [0, 0.1) is 23.1 Å². The summed E-state index contributed by atoms with van der Waals surface area (Å²) in [6.45, 7) is 10.1. The van der Waals surface area contributed by atoms with E-state index in [-0.39, 0.29) is 29.8 Å². The van der Waals surface area contributed by atoms with E-state index < -0.39 is 5.60 Å². The first-order valence-corrected chi connectivity index (χ1v) is 19.5. The lowest BCUT2D eigenvalue weighted by Crippen LogP contribution is -2.49. The monoisotopic (exact) mass is 764 g/mol. The van der Waals surface area contributed by atoms with Gasteiger partial charge in [-0.3, -0.25) is 9.20 Å². The van der Waals surface area contributed by atoms with Crippen molar-refractivity contribution in [2.24, 2.45) is 5.92 Å². The summed E-state index contributed by atoms with van der Waals surface area (Å²) in [5.74, 6) is 1.09. The van der Waals surface area contributed by atoms with E-state index in [1.807, 2.05) is 67.8 Å². The molecule has 2 fully saturated rings. The fourth-order valence-electron chi connectivity index (χ4n) is 7.09. The topological polar surface area (TPSA) is 145 Å². The Labute approximate surface area is 323 Å². The van der Waals surface area contributed by atoms with E-state index in [2.05, 4.69) is 23.2 Å². The number of anilines is 3. The first-order chi connectivity index (χ1) is 26.4. The van der Waals surface area contributed by atoms with Crippen molar-refractivity contribution in [3.05, 3.63) is 71.4 Å². The number of fused-ring (bicyclic) bond motifs is 1. The van der Waals surface area contributed by atoms with Gasteiger partial charge < -0.3 is 24.8 Å². The number of piperidine rings is 2. The Balaban J connectivity index is 0.988. The average Bonchev–Trinajstić information content (AvgIpc) is 3.79. The highest BCUT2D eigenvalue weighted by atomic mass is 32.1. The molecule has 0 aliphatic carbocycles. The predicted molar refractivity (Wildman–Crippen MR) is 210 cm³/mol. The lowest BCUT2D eigenvalue weighted by molar-refractivity contribution is -0.127.